The Hall–Kier alpha value is -7.74. The van der Waals surface area contributed by atoms with Crippen LogP contribution in [0.3, 0.4) is 0 Å². The molecule has 0 saturated carbocycles. The summed E-state index contributed by atoms with van der Waals surface area (Å²) in [6.07, 6.45) is 0. The number of hydrogen-bond acceptors (Lipinski definition) is 1. The lowest BCUT2D eigenvalue weighted by atomic mass is 9.96. The van der Waals surface area contributed by atoms with Crippen molar-refractivity contribution in [3.63, 3.8) is 0 Å². The third-order valence-corrected chi connectivity index (χ3v) is 11.3. The van der Waals surface area contributed by atoms with Gasteiger partial charge in [-0.05, 0) is 126 Å². The molecule has 0 N–H and O–H groups in total. The minimum absolute atomic E-state index is 1.10. The van der Waals surface area contributed by atoms with E-state index in [2.05, 4.69) is 254 Å². The van der Waals surface area contributed by atoms with E-state index in [-0.39, 0.29) is 0 Å². The molecule has 0 atom stereocenters. The number of hydrogen-bond donors (Lipinski definition) is 0. The molecule has 0 fully saturated rings. The van der Waals surface area contributed by atoms with Crippen LogP contribution in [-0.2, 0) is 0 Å². The maximum atomic E-state index is 2.35. The molecule has 10 rings (SSSR count). The number of fused-ring (bicyclic) bond motifs is 1. The van der Waals surface area contributed by atoms with Crippen molar-refractivity contribution in [3.8, 4) is 66.8 Å². The van der Waals surface area contributed by atoms with Gasteiger partial charge in [-0.2, -0.15) is 0 Å². The first-order chi connectivity index (χ1) is 29.2. The number of anilines is 3. The predicted octanol–water partition coefficient (Wildman–Crippen LogP) is 16.3. The standard InChI is InChI=1S/C58H41N/c1-3-12-42(13-4-1)50-18-9-20-52(40-50)46-30-36-55(37-31-46)59(56-38-32-47(33-39-56)53-21-10-19-51(41-53)43-14-5-2-6-15-43)54-34-28-45(29-35-54)44-24-26-49(27-25-44)58-23-11-17-48-16-7-8-22-57(48)58/h1-41H. The molecule has 1 heteroatoms. The molecular formula is C58H41N. The fourth-order valence-corrected chi connectivity index (χ4v) is 8.19. The van der Waals surface area contributed by atoms with Crippen molar-refractivity contribution >= 4 is 27.8 Å². The molecule has 0 amide bonds. The first-order valence-electron chi connectivity index (χ1n) is 20.2. The molecule has 1 nitrogen and oxygen atoms in total. The molecule has 10 aromatic rings. The Bertz CT molecular complexity index is 2850. The SMILES string of the molecule is c1ccc(-c2cccc(-c3ccc(N(c4ccc(-c5ccc(-c6cccc7ccccc67)cc5)cc4)c4ccc(-c5cccc(-c6ccccc6)c5)cc4)cc3)c2)cc1. The minimum atomic E-state index is 1.10. The van der Waals surface area contributed by atoms with E-state index in [9.17, 15) is 0 Å². The molecule has 0 heterocycles. The average molecular weight is 752 g/mol. The van der Waals surface area contributed by atoms with Crippen LogP contribution >= 0.6 is 0 Å². The second-order valence-corrected chi connectivity index (χ2v) is 15.0. The van der Waals surface area contributed by atoms with Gasteiger partial charge in [-0.15, -0.1) is 0 Å². The molecule has 59 heavy (non-hydrogen) atoms. The van der Waals surface area contributed by atoms with Crippen molar-refractivity contribution in [2.75, 3.05) is 4.90 Å². The zero-order valence-corrected chi connectivity index (χ0v) is 32.6. The second kappa shape index (κ2) is 16.0. The molecule has 0 bridgehead atoms. The average Bonchev–Trinajstić information content (AvgIpc) is 3.33. The monoisotopic (exact) mass is 751 g/mol. The summed E-state index contributed by atoms with van der Waals surface area (Å²) in [7, 11) is 0. The fraction of sp³-hybridized carbons (Fsp3) is 0. The summed E-state index contributed by atoms with van der Waals surface area (Å²) < 4.78 is 0. The van der Waals surface area contributed by atoms with Gasteiger partial charge in [-0.3, -0.25) is 0 Å². The Morgan fingerprint density at radius 2 is 0.508 bits per heavy atom. The quantitative estimate of drug-likeness (QED) is 0.142. The van der Waals surface area contributed by atoms with E-state index in [0.29, 0.717) is 0 Å². The van der Waals surface area contributed by atoms with Crippen LogP contribution in [0.2, 0.25) is 0 Å². The Kier molecular flexibility index (Phi) is 9.68. The van der Waals surface area contributed by atoms with E-state index in [1.54, 1.807) is 0 Å². The van der Waals surface area contributed by atoms with E-state index in [1.165, 1.54) is 77.5 Å². The van der Waals surface area contributed by atoms with Gasteiger partial charge in [-0.1, -0.05) is 200 Å². The summed E-state index contributed by atoms with van der Waals surface area (Å²) >= 11 is 0. The predicted molar refractivity (Wildman–Crippen MR) is 251 cm³/mol. The highest BCUT2D eigenvalue weighted by molar-refractivity contribution is 5.97. The molecule has 0 saturated heterocycles. The molecule has 278 valence electrons. The third-order valence-electron chi connectivity index (χ3n) is 11.3. The zero-order valence-electron chi connectivity index (χ0n) is 32.6. The largest absolute Gasteiger partial charge is 0.311 e. The highest BCUT2D eigenvalue weighted by Gasteiger charge is 2.15. The molecule has 0 aliphatic heterocycles. The summed E-state index contributed by atoms with van der Waals surface area (Å²) in [6, 6.07) is 89.7. The third kappa shape index (κ3) is 7.46. The van der Waals surface area contributed by atoms with Gasteiger partial charge in [0.1, 0.15) is 0 Å². The highest BCUT2D eigenvalue weighted by Crippen LogP contribution is 2.39. The molecule has 0 radical (unpaired) electrons. The van der Waals surface area contributed by atoms with Gasteiger partial charge in [0.25, 0.3) is 0 Å². The van der Waals surface area contributed by atoms with Crippen LogP contribution in [-0.4, -0.2) is 0 Å². The highest BCUT2D eigenvalue weighted by atomic mass is 15.1. The van der Waals surface area contributed by atoms with Crippen LogP contribution in [0, 0.1) is 0 Å². The maximum absolute atomic E-state index is 2.35. The molecule has 0 aliphatic carbocycles. The fourth-order valence-electron chi connectivity index (χ4n) is 8.19. The van der Waals surface area contributed by atoms with Crippen LogP contribution in [0.25, 0.3) is 77.5 Å². The molecule has 10 aromatic carbocycles. The van der Waals surface area contributed by atoms with Crippen molar-refractivity contribution in [3.05, 3.63) is 249 Å². The Balaban J connectivity index is 0.976. The maximum Gasteiger partial charge on any atom is 0.0462 e. The van der Waals surface area contributed by atoms with Gasteiger partial charge in [0.2, 0.25) is 0 Å². The number of rotatable bonds is 9. The lowest BCUT2D eigenvalue weighted by Crippen LogP contribution is -2.09. The first-order valence-corrected chi connectivity index (χ1v) is 20.2. The molecule has 0 aromatic heterocycles. The zero-order chi connectivity index (χ0) is 39.4. The first kappa shape index (κ1) is 35.7. The summed E-state index contributed by atoms with van der Waals surface area (Å²) in [6.45, 7) is 0. The van der Waals surface area contributed by atoms with Gasteiger partial charge in [0, 0.05) is 17.1 Å². The Morgan fingerprint density at radius 1 is 0.203 bits per heavy atom. The topological polar surface area (TPSA) is 3.24 Å². The van der Waals surface area contributed by atoms with E-state index in [4.69, 9.17) is 0 Å². The molecule has 0 unspecified atom stereocenters. The minimum Gasteiger partial charge on any atom is -0.311 e. The van der Waals surface area contributed by atoms with Crippen molar-refractivity contribution in [1.29, 1.82) is 0 Å². The van der Waals surface area contributed by atoms with Crippen LogP contribution in [0.5, 0.6) is 0 Å². The summed E-state index contributed by atoms with van der Waals surface area (Å²) in [4.78, 5) is 2.35. The normalized spacial score (nSPS) is 11.1. The molecular weight excluding hydrogens is 711 g/mol. The van der Waals surface area contributed by atoms with Crippen LogP contribution in [0.1, 0.15) is 0 Å². The van der Waals surface area contributed by atoms with Gasteiger partial charge < -0.3 is 4.90 Å². The van der Waals surface area contributed by atoms with Crippen molar-refractivity contribution in [2.24, 2.45) is 0 Å². The van der Waals surface area contributed by atoms with E-state index < -0.39 is 0 Å². The van der Waals surface area contributed by atoms with Gasteiger partial charge >= 0.3 is 0 Å². The van der Waals surface area contributed by atoms with Gasteiger partial charge in [-0.25, -0.2) is 0 Å². The van der Waals surface area contributed by atoms with Crippen LogP contribution < -0.4 is 4.90 Å². The summed E-state index contributed by atoms with van der Waals surface area (Å²) in [5, 5.41) is 2.53. The van der Waals surface area contributed by atoms with Crippen LogP contribution in [0.4, 0.5) is 17.1 Å². The second-order valence-electron chi connectivity index (χ2n) is 15.0. The smallest absolute Gasteiger partial charge is 0.0462 e. The summed E-state index contributed by atoms with van der Waals surface area (Å²) in [5.41, 5.74) is 17.8. The number of benzene rings is 10. The van der Waals surface area contributed by atoms with Crippen LogP contribution in [0.15, 0.2) is 249 Å². The van der Waals surface area contributed by atoms with E-state index in [1.807, 2.05) is 0 Å². The molecule has 0 aliphatic rings. The van der Waals surface area contributed by atoms with E-state index in [0.717, 1.165) is 17.1 Å². The Morgan fingerprint density at radius 3 is 0.966 bits per heavy atom. The number of nitrogens with zero attached hydrogens (tertiary/aromatic N) is 1. The van der Waals surface area contributed by atoms with Crippen molar-refractivity contribution in [2.45, 2.75) is 0 Å². The Labute approximate surface area is 346 Å². The van der Waals surface area contributed by atoms with E-state index >= 15 is 0 Å². The molecule has 0 spiro atoms. The summed E-state index contributed by atoms with van der Waals surface area (Å²) in [5.74, 6) is 0. The van der Waals surface area contributed by atoms with Gasteiger partial charge in [0.05, 0.1) is 0 Å². The lowest BCUT2D eigenvalue weighted by Gasteiger charge is -2.26. The lowest BCUT2D eigenvalue weighted by molar-refractivity contribution is 1.28. The van der Waals surface area contributed by atoms with Crippen molar-refractivity contribution < 1.29 is 0 Å². The van der Waals surface area contributed by atoms with Crippen molar-refractivity contribution in [1.82, 2.24) is 0 Å². The van der Waals surface area contributed by atoms with Gasteiger partial charge in [0.15, 0.2) is 0 Å².